The highest BCUT2D eigenvalue weighted by molar-refractivity contribution is 5.33. The van der Waals surface area contributed by atoms with Gasteiger partial charge in [-0.3, -0.25) is 0 Å². The number of ether oxygens (including phenoxy) is 1. The molecule has 0 amide bonds. The quantitative estimate of drug-likeness (QED) is 0.746. The lowest BCUT2D eigenvalue weighted by Gasteiger charge is -2.18. The van der Waals surface area contributed by atoms with E-state index in [-0.39, 0.29) is 6.10 Å². The van der Waals surface area contributed by atoms with Crippen molar-refractivity contribution in [3.63, 3.8) is 0 Å². The van der Waals surface area contributed by atoms with Gasteiger partial charge in [0.25, 0.3) is 0 Å². The van der Waals surface area contributed by atoms with Crippen LogP contribution in [0.1, 0.15) is 32.8 Å². The molecule has 102 valence electrons. The molecule has 0 aliphatic rings. The van der Waals surface area contributed by atoms with Gasteiger partial charge in [0.1, 0.15) is 5.75 Å². The molecule has 1 rings (SSSR count). The van der Waals surface area contributed by atoms with E-state index in [0.29, 0.717) is 19.1 Å². The maximum Gasteiger partial charge on any atom is 0.123 e. The van der Waals surface area contributed by atoms with Gasteiger partial charge in [-0.15, -0.1) is 0 Å². The summed E-state index contributed by atoms with van der Waals surface area (Å²) in [4.78, 5) is 0. The largest absolute Gasteiger partial charge is 0.494 e. The van der Waals surface area contributed by atoms with Gasteiger partial charge < -0.3 is 15.2 Å². The molecule has 2 N–H and O–H groups in total. The fourth-order valence-electron chi connectivity index (χ4n) is 1.77. The minimum absolute atomic E-state index is 0.283. The van der Waals surface area contributed by atoms with Crippen LogP contribution in [0.25, 0.3) is 0 Å². The van der Waals surface area contributed by atoms with Gasteiger partial charge >= 0.3 is 0 Å². The first-order valence-electron chi connectivity index (χ1n) is 6.78. The molecule has 0 bridgehead atoms. The average molecular weight is 251 g/mol. The number of nitrogens with one attached hydrogen (secondary N) is 1. The van der Waals surface area contributed by atoms with Crippen molar-refractivity contribution in [2.75, 3.05) is 13.2 Å². The van der Waals surface area contributed by atoms with Crippen LogP contribution in [0.5, 0.6) is 5.75 Å². The second-order valence-corrected chi connectivity index (χ2v) is 4.62. The van der Waals surface area contributed by atoms with Gasteiger partial charge in [0.15, 0.2) is 0 Å². The molecule has 0 saturated heterocycles. The molecule has 2 unspecified atom stereocenters. The second-order valence-electron chi connectivity index (χ2n) is 4.62. The topological polar surface area (TPSA) is 41.5 Å². The van der Waals surface area contributed by atoms with Crippen LogP contribution >= 0.6 is 0 Å². The van der Waals surface area contributed by atoms with Crippen LogP contribution in [0, 0.1) is 5.92 Å². The van der Waals surface area contributed by atoms with Crippen LogP contribution in [-0.4, -0.2) is 24.4 Å². The molecular formula is C15H25NO2. The summed E-state index contributed by atoms with van der Waals surface area (Å²) < 4.78 is 5.56. The van der Waals surface area contributed by atoms with Gasteiger partial charge in [-0.2, -0.15) is 0 Å². The molecule has 2 atom stereocenters. The van der Waals surface area contributed by atoms with Crippen molar-refractivity contribution in [3.05, 3.63) is 29.8 Å². The first kappa shape index (κ1) is 15.0. The Labute approximate surface area is 110 Å². The molecule has 18 heavy (non-hydrogen) atoms. The third-order valence-electron chi connectivity index (χ3n) is 3.24. The van der Waals surface area contributed by atoms with E-state index >= 15 is 0 Å². The van der Waals surface area contributed by atoms with Crippen LogP contribution in [-0.2, 0) is 6.54 Å². The molecule has 0 aliphatic carbocycles. The average Bonchev–Trinajstić information content (AvgIpc) is 2.40. The van der Waals surface area contributed by atoms with Gasteiger partial charge in [-0.1, -0.05) is 38.5 Å². The van der Waals surface area contributed by atoms with Crippen molar-refractivity contribution in [2.24, 2.45) is 5.92 Å². The summed E-state index contributed by atoms with van der Waals surface area (Å²) in [6.07, 6.45) is 0.715. The normalized spacial score (nSPS) is 14.2. The standard InChI is InChI=1S/C15H25NO2/c1-4-12(3)14(17)11-16-10-13-8-6-7-9-15(13)18-5-2/h6-9,12,14,16-17H,4-5,10-11H2,1-3H3. The summed E-state index contributed by atoms with van der Waals surface area (Å²) in [7, 11) is 0. The van der Waals surface area contributed by atoms with Gasteiger partial charge in [0, 0.05) is 18.7 Å². The Morgan fingerprint density at radius 3 is 2.67 bits per heavy atom. The molecule has 3 heteroatoms. The zero-order chi connectivity index (χ0) is 13.4. The molecule has 0 spiro atoms. The number of para-hydroxylation sites is 1. The van der Waals surface area contributed by atoms with E-state index in [1.165, 1.54) is 0 Å². The summed E-state index contributed by atoms with van der Waals surface area (Å²) in [5, 5.41) is 13.2. The predicted octanol–water partition coefficient (Wildman–Crippen LogP) is 2.58. The lowest BCUT2D eigenvalue weighted by atomic mass is 10.0. The maximum absolute atomic E-state index is 9.87. The fourth-order valence-corrected chi connectivity index (χ4v) is 1.77. The summed E-state index contributed by atoms with van der Waals surface area (Å²) in [5.41, 5.74) is 1.13. The Morgan fingerprint density at radius 1 is 1.28 bits per heavy atom. The fraction of sp³-hybridized carbons (Fsp3) is 0.600. The van der Waals surface area contributed by atoms with Gasteiger partial charge in [-0.05, 0) is 18.9 Å². The highest BCUT2D eigenvalue weighted by Gasteiger charge is 2.11. The number of hydrogen-bond donors (Lipinski definition) is 2. The van der Waals surface area contributed by atoms with Crippen LogP contribution < -0.4 is 10.1 Å². The number of aliphatic hydroxyl groups is 1. The minimum Gasteiger partial charge on any atom is -0.494 e. The third kappa shape index (κ3) is 4.67. The summed E-state index contributed by atoms with van der Waals surface area (Å²) in [6, 6.07) is 8.01. The summed E-state index contributed by atoms with van der Waals surface area (Å²) in [6.45, 7) is 8.17. The Kier molecular flexibility index (Phi) is 6.76. The van der Waals surface area contributed by atoms with E-state index in [9.17, 15) is 5.11 Å². The van der Waals surface area contributed by atoms with E-state index in [4.69, 9.17) is 4.74 Å². The Balaban J connectivity index is 2.43. The van der Waals surface area contributed by atoms with Crippen LogP contribution in [0.15, 0.2) is 24.3 Å². The smallest absolute Gasteiger partial charge is 0.123 e. The molecule has 0 aliphatic heterocycles. The molecule has 0 fully saturated rings. The monoisotopic (exact) mass is 251 g/mol. The second kappa shape index (κ2) is 8.11. The highest BCUT2D eigenvalue weighted by Crippen LogP contribution is 2.17. The molecule has 1 aromatic rings. The molecule has 0 saturated carbocycles. The van der Waals surface area contributed by atoms with E-state index in [1.54, 1.807) is 0 Å². The maximum atomic E-state index is 9.87. The molecule has 0 radical (unpaired) electrons. The van der Waals surface area contributed by atoms with Crippen LogP contribution in [0.3, 0.4) is 0 Å². The van der Waals surface area contributed by atoms with E-state index in [2.05, 4.69) is 19.2 Å². The van der Waals surface area contributed by atoms with Crippen molar-refractivity contribution in [1.29, 1.82) is 0 Å². The molecular weight excluding hydrogens is 226 g/mol. The third-order valence-corrected chi connectivity index (χ3v) is 3.24. The lowest BCUT2D eigenvalue weighted by Crippen LogP contribution is -2.31. The zero-order valence-electron chi connectivity index (χ0n) is 11.6. The molecule has 1 aromatic carbocycles. The zero-order valence-corrected chi connectivity index (χ0v) is 11.6. The van der Waals surface area contributed by atoms with Crippen molar-refractivity contribution in [1.82, 2.24) is 5.32 Å². The summed E-state index contributed by atoms with van der Waals surface area (Å²) in [5.74, 6) is 1.25. The van der Waals surface area contributed by atoms with E-state index in [0.717, 1.165) is 24.3 Å². The van der Waals surface area contributed by atoms with Crippen LogP contribution in [0.4, 0.5) is 0 Å². The number of hydrogen-bond acceptors (Lipinski definition) is 3. The lowest BCUT2D eigenvalue weighted by molar-refractivity contribution is 0.112. The van der Waals surface area contributed by atoms with Crippen LogP contribution in [0.2, 0.25) is 0 Å². The Hall–Kier alpha value is -1.06. The Bertz CT molecular complexity index is 341. The van der Waals surface area contributed by atoms with E-state index < -0.39 is 0 Å². The van der Waals surface area contributed by atoms with Gasteiger partial charge in [0.2, 0.25) is 0 Å². The SMILES string of the molecule is CCOc1ccccc1CNCC(O)C(C)CC. The number of benzene rings is 1. The summed E-state index contributed by atoms with van der Waals surface area (Å²) >= 11 is 0. The molecule has 0 heterocycles. The van der Waals surface area contributed by atoms with Gasteiger partial charge in [0.05, 0.1) is 12.7 Å². The molecule has 3 nitrogen and oxygen atoms in total. The molecule has 0 aromatic heterocycles. The first-order chi connectivity index (χ1) is 8.69. The number of rotatable bonds is 8. The van der Waals surface area contributed by atoms with Crippen molar-refractivity contribution < 1.29 is 9.84 Å². The highest BCUT2D eigenvalue weighted by atomic mass is 16.5. The predicted molar refractivity (Wildman–Crippen MR) is 74.8 cm³/mol. The Morgan fingerprint density at radius 2 is 2.00 bits per heavy atom. The van der Waals surface area contributed by atoms with Crippen molar-refractivity contribution in [2.45, 2.75) is 39.8 Å². The van der Waals surface area contributed by atoms with Crippen molar-refractivity contribution in [3.8, 4) is 5.75 Å². The van der Waals surface area contributed by atoms with E-state index in [1.807, 2.05) is 31.2 Å². The first-order valence-corrected chi connectivity index (χ1v) is 6.78. The minimum atomic E-state index is -0.283. The van der Waals surface area contributed by atoms with Crippen molar-refractivity contribution >= 4 is 0 Å². The van der Waals surface area contributed by atoms with Gasteiger partial charge in [-0.25, -0.2) is 0 Å². The number of aliphatic hydroxyl groups excluding tert-OH is 1.